The van der Waals surface area contributed by atoms with E-state index in [4.69, 9.17) is 14.2 Å². The van der Waals surface area contributed by atoms with Gasteiger partial charge in [0.1, 0.15) is 0 Å². The molecule has 1 fully saturated rings. The van der Waals surface area contributed by atoms with Crippen LogP contribution in [0, 0.1) is 0 Å². The average molecular weight is 253 g/mol. The third-order valence-electron chi connectivity index (χ3n) is 3.20. The standard InChI is InChI=1S/C13H19NO4/c1-16-11-4-8(10-6-9(15)7-14-10)5-12(17-2)13(11)18-3/h4-5,9-10,14-15H,6-7H2,1-3H3. The summed E-state index contributed by atoms with van der Waals surface area (Å²) in [6.45, 7) is 0.612. The Hall–Kier alpha value is -1.46. The molecular weight excluding hydrogens is 234 g/mol. The van der Waals surface area contributed by atoms with E-state index in [-0.39, 0.29) is 12.1 Å². The smallest absolute Gasteiger partial charge is 0.203 e. The number of hydrogen-bond donors (Lipinski definition) is 2. The number of nitrogens with one attached hydrogen (secondary N) is 1. The van der Waals surface area contributed by atoms with Crippen molar-refractivity contribution < 1.29 is 19.3 Å². The zero-order valence-corrected chi connectivity index (χ0v) is 10.9. The van der Waals surface area contributed by atoms with E-state index >= 15 is 0 Å². The quantitative estimate of drug-likeness (QED) is 0.841. The van der Waals surface area contributed by atoms with Gasteiger partial charge in [-0.3, -0.25) is 0 Å². The average Bonchev–Trinajstić information content (AvgIpc) is 2.83. The molecule has 1 aliphatic heterocycles. The van der Waals surface area contributed by atoms with E-state index in [2.05, 4.69) is 5.32 Å². The van der Waals surface area contributed by atoms with E-state index in [1.807, 2.05) is 12.1 Å². The van der Waals surface area contributed by atoms with Crippen molar-refractivity contribution in [1.29, 1.82) is 0 Å². The molecule has 1 aromatic rings. The van der Waals surface area contributed by atoms with Crippen LogP contribution in [0.4, 0.5) is 0 Å². The van der Waals surface area contributed by atoms with Crippen molar-refractivity contribution >= 4 is 0 Å². The van der Waals surface area contributed by atoms with E-state index in [0.717, 1.165) is 5.56 Å². The molecule has 2 N–H and O–H groups in total. The number of rotatable bonds is 4. The first kappa shape index (κ1) is 13.0. The number of aliphatic hydroxyl groups excluding tert-OH is 1. The van der Waals surface area contributed by atoms with E-state index in [1.54, 1.807) is 21.3 Å². The van der Waals surface area contributed by atoms with Gasteiger partial charge in [-0.2, -0.15) is 0 Å². The van der Waals surface area contributed by atoms with Gasteiger partial charge in [0, 0.05) is 12.6 Å². The van der Waals surface area contributed by atoms with Crippen LogP contribution in [-0.4, -0.2) is 39.1 Å². The lowest BCUT2D eigenvalue weighted by Crippen LogP contribution is -2.15. The van der Waals surface area contributed by atoms with Crippen molar-refractivity contribution in [2.75, 3.05) is 27.9 Å². The fraction of sp³-hybridized carbons (Fsp3) is 0.538. The fourth-order valence-corrected chi connectivity index (χ4v) is 2.27. The predicted molar refractivity (Wildman–Crippen MR) is 67.5 cm³/mol. The second-order valence-corrected chi connectivity index (χ2v) is 4.31. The van der Waals surface area contributed by atoms with E-state index in [9.17, 15) is 5.11 Å². The minimum Gasteiger partial charge on any atom is -0.493 e. The zero-order valence-electron chi connectivity index (χ0n) is 10.9. The normalized spacial score (nSPS) is 22.9. The Morgan fingerprint density at radius 2 is 1.72 bits per heavy atom. The molecule has 0 amide bonds. The lowest BCUT2D eigenvalue weighted by Gasteiger charge is -2.17. The summed E-state index contributed by atoms with van der Waals surface area (Å²) >= 11 is 0. The first-order chi connectivity index (χ1) is 8.69. The van der Waals surface area contributed by atoms with Gasteiger partial charge < -0.3 is 24.6 Å². The molecule has 2 unspecified atom stereocenters. The van der Waals surface area contributed by atoms with Gasteiger partial charge in [0.2, 0.25) is 5.75 Å². The Labute approximate surface area is 107 Å². The van der Waals surface area contributed by atoms with E-state index in [0.29, 0.717) is 30.2 Å². The summed E-state index contributed by atoms with van der Waals surface area (Å²) in [4.78, 5) is 0. The molecular formula is C13H19NO4. The molecule has 0 radical (unpaired) electrons. The lowest BCUT2D eigenvalue weighted by atomic mass is 10.0. The van der Waals surface area contributed by atoms with Crippen LogP contribution < -0.4 is 19.5 Å². The van der Waals surface area contributed by atoms with Crippen LogP contribution in [0.15, 0.2) is 12.1 Å². The highest BCUT2D eigenvalue weighted by atomic mass is 16.5. The van der Waals surface area contributed by atoms with Crippen LogP contribution in [0.3, 0.4) is 0 Å². The summed E-state index contributed by atoms with van der Waals surface area (Å²) < 4.78 is 15.9. The molecule has 2 atom stereocenters. The Bertz CT molecular complexity index is 396. The highest BCUT2D eigenvalue weighted by Crippen LogP contribution is 2.40. The van der Waals surface area contributed by atoms with Crippen LogP contribution in [0.2, 0.25) is 0 Å². The van der Waals surface area contributed by atoms with Gasteiger partial charge >= 0.3 is 0 Å². The van der Waals surface area contributed by atoms with Gasteiger partial charge in [0.15, 0.2) is 11.5 Å². The Balaban J connectivity index is 2.37. The largest absolute Gasteiger partial charge is 0.493 e. The van der Waals surface area contributed by atoms with Crippen LogP contribution >= 0.6 is 0 Å². The second kappa shape index (κ2) is 5.46. The van der Waals surface area contributed by atoms with Crippen LogP contribution in [0.25, 0.3) is 0 Å². The Morgan fingerprint density at radius 1 is 1.11 bits per heavy atom. The number of benzene rings is 1. The highest BCUT2D eigenvalue weighted by Gasteiger charge is 2.25. The number of methoxy groups -OCH3 is 3. The molecule has 0 aliphatic carbocycles. The Morgan fingerprint density at radius 3 is 2.11 bits per heavy atom. The van der Waals surface area contributed by atoms with Crippen molar-refractivity contribution in [2.24, 2.45) is 0 Å². The van der Waals surface area contributed by atoms with Gasteiger partial charge in [-0.15, -0.1) is 0 Å². The SMILES string of the molecule is COc1cc(C2CC(O)CN2)cc(OC)c1OC. The number of aliphatic hydroxyl groups is 1. The number of β-amino-alcohol motifs (C(OH)–C–C–N with tert-alkyl or cyclic N) is 1. The van der Waals surface area contributed by atoms with Gasteiger partial charge in [0.25, 0.3) is 0 Å². The van der Waals surface area contributed by atoms with E-state index in [1.165, 1.54) is 0 Å². The summed E-state index contributed by atoms with van der Waals surface area (Å²) in [7, 11) is 4.77. The predicted octanol–water partition coefficient (Wildman–Crippen LogP) is 1.11. The summed E-state index contributed by atoms with van der Waals surface area (Å²) in [5, 5.41) is 12.8. The summed E-state index contributed by atoms with van der Waals surface area (Å²) in [6, 6.07) is 3.95. The molecule has 1 heterocycles. The Kier molecular flexibility index (Phi) is 3.93. The maximum absolute atomic E-state index is 9.56. The molecule has 1 aliphatic rings. The van der Waals surface area contributed by atoms with Crippen LogP contribution in [-0.2, 0) is 0 Å². The molecule has 2 rings (SSSR count). The maximum atomic E-state index is 9.56. The molecule has 5 nitrogen and oxygen atoms in total. The molecule has 100 valence electrons. The minimum atomic E-state index is -0.297. The summed E-state index contributed by atoms with van der Waals surface area (Å²) in [6.07, 6.45) is 0.396. The fourth-order valence-electron chi connectivity index (χ4n) is 2.27. The monoisotopic (exact) mass is 253 g/mol. The summed E-state index contributed by atoms with van der Waals surface area (Å²) in [5.74, 6) is 1.85. The molecule has 0 spiro atoms. The molecule has 18 heavy (non-hydrogen) atoms. The molecule has 0 bridgehead atoms. The van der Waals surface area contributed by atoms with Crippen molar-refractivity contribution in [1.82, 2.24) is 5.32 Å². The van der Waals surface area contributed by atoms with Crippen LogP contribution in [0.5, 0.6) is 17.2 Å². The van der Waals surface area contributed by atoms with Gasteiger partial charge in [-0.25, -0.2) is 0 Å². The third kappa shape index (κ3) is 2.37. The topological polar surface area (TPSA) is 60.0 Å². The van der Waals surface area contributed by atoms with Gasteiger partial charge in [-0.1, -0.05) is 0 Å². The van der Waals surface area contributed by atoms with Gasteiger partial charge in [-0.05, 0) is 24.1 Å². The van der Waals surface area contributed by atoms with Crippen molar-refractivity contribution in [2.45, 2.75) is 18.6 Å². The van der Waals surface area contributed by atoms with Crippen LogP contribution in [0.1, 0.15) is 18.0 Å². The van der Waals surface area contributed by atoms with Crippen molar-refractivity contribution in [3.05, 3.63) is 17.7 Å². The molecule has 0 saturated carbocycles. The highest BCUT2D eigenvalue weighted by molar-refractivity contribution is 5.54. The van der Waals surface area contributed by atoms with Crippen molar-refractivity contribution in [3.8, 4) is 17.2 Å². The molecule has 0 aromatic heterocycles. The zero-order chi connectivity index (χ0) is 13.1. The molecule has 1 saturated heterocycles. The first-order valence-corrected chi connectivity index (χ1v) is 5.91. The first-order valence-electron chi connectivity index (χ1n) is 5.91. The molecule has 1 aromatic carbocycles. The van der Waals surface area contributed by atoms with Gasteiger partial charge in [0.05, 0.1) is 27.4 Å². The van der Waals surface area contributed by atoms with Crippen molar-refractivity contribution in [3.63, 3.8) is 0 Å². The summed E-state index contributed by atoms with van der Waals surface area (Å²) in [5.41, 5.74) is 1.03. The molecule has 5 heteroatoms. The maximum Gasteiger partial charge on any atom is 0.203 e. The second-order valence-electron chi connectivity index (χ2n) is 4.31. The lowest BCUT2D eigenvalue weighted by molar-refractivity contribution is 0.193. The van der Waals surface area contributed by atoms with E-state index < -0.39 is 0 Å². The number of ether oxygens (including phenoxy) is 3. The third-order valence-corrected chi connectivity index (χ3v) is 3.20. The minimum absolute atomic E-state index is 0.119. The number of hydrogen-bond acceptors (Lipinski definition) is 5.